The Labute approximate surface area is 115 Å². The fraction of sp³-hybridized carbons (Fsp3) is 0.462. The van der Waals surface area contributed by atoms with Crippen molar-refractivity contribution in [3.05, 3.63) is 22.2 Å². The van der Waals surface area contributed by atoms with Gasteiger partial charge in [-0.15, -0.1) is 0 Å². The van der Waals surface area contributed by atoms with Crippen LogP contribution in [-0.4, -0.2) is 31.2 Å². The lowest BCUT2D eigenvalue weighted by Crippen LogP contribution is -2.13. The Bertz CT molecular complexity index is 406. The zero-order valence-corrected chi connectivity index (χ0v) is 12.1. The van der Waals surface area contributed by atoms with E-state index < -0.39 is 0 Å². The van der Waals surface area contributed by atoms with Crippen LogP contribution < -0.4 is 9.47 Å². The first-order chi connectivity index (χ1) is 8.62. The SMILES string of the molecule is CCOc1cc(C=O)cc(Br)c1OCC(C)CO. The maximum absolute atomic E-state index is 10.8. The molecule has 1 N–H and O–H groups in total. The summed E-state index contributed by atoms with van der Waals surface area (Å²) in [7, 11) is 0. The first kappa shape index (κ1) is 15.0. The van der Waals surface area contributed by atoms with E-state index in [1.165, 1.54) is 0 Å². The van der Waals surface area contributed by atoms with E-state index in [4.69, 9.17) is 14.6 Å². The van der Waals surface area contributed by atoms with E-state index in [-0.39, 0.29) is 12.5 Å². The van der Waals surface area contributed by atoms with E-state index >= 15 is 0 Å². The molecule has 4 nitrogen and oxygen atoms in total. The first-order valence-corrected chi connectivity index (χ1v) is 6.56. The number of hydrogen-bond donors (Lipinski definition) is 1. The van der Waals surface area contributed by atoms with Crippen molar-refractivity contribution in [1.29, 1.82) is 0 Å². The molecule has 1 aromatic carbocycles. The van der Waals surface area contributed by atoms with Gasteiger partial charge in [0, 0.05) is 18.1 Å². The Balaban J connectivity index is 2.96. The van der Waals surface area contributed by atoms with Crippen LogP contribution in [0.1, 0.15) is 24.2 Å². The van der Waals surface area contributed by atoms with Gasteiger partial charge in [-0.2, -0.15) is 0 Å². The molecule has 0 amide bonds. The number of rotatable bonds is 7. The van der Waals surface area contributed by atoms with Crippen molar-refractivity contribution in [2.75, 3.05) is 19.8 Å². The third-order valence-electron chi connectivity index (χ3n) is 2.29. The van der Waals surface area contributed by atoms with Crippen LogP contribution in [0.5, 0.6) is 11.5 Å². The lowest BCUT2D eigenvalue weighted by atomic mass is 10.2. The Kier molecular flexibility index (Phi) is 6.15. The molecule has 18 heavy (non-hydrogen) atoms. The summed E-state index contributed by atoms with van der Waals surface area (Å²) in [4.78, 5) is 10.8. The van der Waals surface area contributed by atoms with Gasteiger partial charge in [0.15, 0.2) is 11.5 Å². The molecule has 0 aliphatic carbocycles. The highest BCUT2D eigenvalue weighted by atomic mass is 79.9. The molecule has 1 unspecified atom stereocenters. The predicted molar refractivity (Wildman–Crippen MR) is 72.4 cm³/mol. The number of ether oxygens (including phenoxy) is 2. The molecule has 0 radical (unpaired) electrons. The molecule has 0 fully saturated rings. The smallest absolute Gasteiger partial charge is 0.175 e. The van der Waals surface area contributed by atoms with Gasteiger partial charge in [0.25, 0.3) is 0 Å². The van der Waals surface area contributed by atoms with Crippen LogP contribution in [0.2, 0.25) is 0 Å². The van der Waals surface area contributed by atoms with Crippen LogP contribution in [0, 0.1) is 5.92 Å². The van der Waals surface area contributed by atoms with E-state index in [0.29, 0.717) is 34.7 Å². The number of hydrogen-bond acceptors (Lipinski definition) is 4. The molecule has 100 valence electrons. The minimum Gasteiger partial charge on any atom is -0.490 e. The summed E-state index contributed by atoms with van der Waals surface area (Å²) in [5.41, 5.74) is 0.521. The summed E-state index contributed by atoms with van der Waals surface area (Å²) < 4.78 is 11.7. The van der Waals surface area contributed by atoms with Gasteiger partial charge in [-0.05, 0) is 35.0 Å². The number of carbonyl (C=O) groups is 1. The number of aldehydes is 1. The van der Waals surface area contributed by atoms with Crippen molar-refractivity contribution in [2.45, 2.75) is 13.8 Å². The average molecular weight is 317 g/mol. The Morgan fingerprint density at radius 2 is 2.17 bits per heavy atom. The van der Waals surface area contributed by atoms with Crippen molar-refractivity contribution in [3.8, 4) is 11.5 Å². The first-order valence-electron chi connectivity index (χ1n) is 5.77. The zero-order chi connectivity index (χ0) is 13.5. The van der Waals surface area contributed by atoms with Crippen molar-refractivity contribution in [1.82, 2.24) is 0 Å². The van der Waals surface area contributed by atoms with Gasteiger partial charge in [-0.3, -0.25) is 4.79 Å². The molecular formula is C13H17BrO4. The summed E-state index contributed by atoms with van der Waals surface area (Å²) in [6.07, 6.45) is 0.757. The number of aliphatic hydroxyl groups excluding tert-OH is 1. The van der Waals surface area contributed by atoms with Crippen LogP contribution in [0.3, 0.4) is 0 Å². The maximum atomic E-state index is 10.8. The van der Waals surface area contributed by atoms with Crippen molar-refractivity contribution in [3.63, 3.8) is 0 Å². The highest BCUT2D eigenvalue weighted by Gasteiger charge is 2.13. The van der Waals surface area contributed by atoms with E-state index in [9.17, 15) is 4.79 Å². The molecule has 0 heterocycles. The van der Waals surface area contributed by atoms with E-state index in [1.807, 2.05) is 13.8 Å². The Morgan fingerprint density at radius 3 is 2.72 bits per heavy atom. The van der Waals surface area contributed by atoms with E-state index in [2.05, 4.69) is 15.9 Å². The maximum Gasteiger partial charge on any atom is 0.175 e. The number of aliphatic hydroxyl groups is 1. The molecule has 0 aliphatic rings. The fourth-order valence-electron chi connectivity index (χ4n) is 1.34. The average Bonchev–Trinajstić information content (AvgIpc) is 2.37. The summed E-state index contributed by atoms with van der Waals surface area (Å²) >= 11 is 3.35. The molecule has 1 aromatic rings. The van der Waals surface area contributed by atoms with Gasteiger partial charge < -0.3 is 14.6 Å². The van der Waals surface area contributed by atoms with E-state index in [1.54, 1.807) is 12.1 Å². The lowest BCUT2D eigenvalue weighted by molar-refractivity contribution is 0.112. The quantitative estimate of drug-likeness (QED) is 0.786. The van der Waals surface area contributed by atoms with E-state index in [0.717, 1.165) is 6.29 Å². The third kappa shape index (κ3) is 3.99. The van der Waals surface area contributed by atoms with Crippen LogP contribution in [0.4, 0.5) is 0 Å². The van der Waals surface area contributed by atoms with Crippen molar-refractivity contribution in [2.24, 2.45) is 5.92 Å². The number of halogens is 1. The van der Waals surface area contributed by atoms with Crippen molar-refractivity contribution >= 4 is 22.2 Å². The van der Waals surface area contributed by atoms with Crippen LogP contribution in [0.15, 0.2) is 16.6 Å². The predicted octanol–water partition coefficient (Wildman–Crippen LogP) is 2.67. The molecule has 5 heteroatoms. The largest absolute Gasteiger partial charge is 0.490 e. The second kappa shape index (κ2) is 7.38. The summed E-state index contributed by atoms with van der Waals surface area (Å²) in [6, 6.07) is 3.31. The van der Waals surface area contributed by atoms with Gasteiger partial charge in [-0.25, -0.2) is 0 Å². The van der Waals surface area contributed by atoms with Crippen LogP contribution in [-0.2, 0) is 0 Å². The van der Waals surface area contributed by atoms with Gasteiger partial charge in [0.2, 0.25) is 0 Å². The normalized spacial score (nSPS) is 12.0. The van der Waals surface area contributed by atoms with Crippen LogP contribution >= 0.6 is 15.9 Å². The Morgan fingerprint density at radius 1 is 1.44 bits per heavy atom. The molecule has 0 spiro atoms. The van der Waals surface area contributed by atoms with Gasteiger partial charge in [0.1, 0.15) is 6.29 Å². The molecule has 0 aromatic heterocycles. The molecule has 1 rings (SSSR count). The Hall–Kier alpha value is -1.07. The molecule has 0 saturated carbocycles. The van der Waals surface area contributed by atoms with Gasteiger partial charge >= 0.3 is 0 Å². The summed E-state index contributed by atoms with van der Waals surface area (Å²) in [6.45, 7) is 4.68. The topological polar surface area (TPSA) is 55.8 Å². The van der Waals surface area contributed by atoms with Gasteiger partial charge in [-0.1, -0.05) is 6.92 Å². The molecule has 1 atom stereocenters. The second-order valence-corrected chi connectivity index (χ2v) is 4.83. The minimum atomic E-state index is 0.0390. The fourth-order valence-corrected chi connectivity index (χ4v) is 1.91. The monoisotopic (exact) mass is 316 g/mol. The standard InChI is InChI=1S/C13H17BrO4/c1-3-17-12-5-10(7-16)4-11(14)13(12)18-8-9(2)6-15/h4-5,7,9,15H,3,6,8H2,1-2H3. The van der Waals surface area contributed by atoms with Crippen LogP contribution in [0.25, 0.3) is 0 Å². The molecule has 0 aliphatic heterocycles. The molecular weight excluding hydrogens is 300 g/mol. The third-order valence-corrected chi connectivity index (χ3v) is 2.88. The minimum absolute atomic E-state index is 0.0390. The molecule has 0 saturated heterocycles. The highest BCUT2D eigenvalue weighted by Crippen LogP contribution is 2.36. The zero-order valence-electron chi connectivity index (χ0n) is 10.5. The number of benzene rings is 1. The molecule has 0 bridgehead atoms. The van der Waals surface area contributed by atoms with Crippen molar-refractivity contribution < 1.29 is 19.4 Å². The lowest BCUT2D eigenvalue weighted by Gasteiger charge is -2.16. The summed E-state index contributed by atoms with van der Waals surface area (Å²) in [5, 5.41) is 8.97. The number of carbonyl (C=O) groups excluding carboxylic acids is 1. The van der Waals surface area contributed by atoms with Gasteiger partial charge in [0.05, 0.1) is 17.7 Å². The second-order valence-electron chi connectivity index (χ2n) is 3.98. The highest BCUT2D eigenvalue weighted by molar-refractivity contribution is 9.10. The summed E-state index contributed by atoms with van der Waals surface area (Å²) in [5.74, 6) is 1.12.